The Balaban J connectivity index is 1.48. The zero-order valence-electron chi connectivity index (χ0n) is 14.7. The standard InChI is InChI=1S/C22H18N4O/c23-13-17-6-3-4-8-20(17)25-22(27)21-10-9-19(14-24-21)26-12-11-16-5-1-2-7-18(16)15-26/h1-10,14H,11-12,15H2,(H,25,27). The van der Waals surface area contributed by atoms with Gasteiger partial charge in [-0.05, 0) is 41.8 Å². The van der Waals surface area contributed by atoms with Crippen molar-refractivity contribution < 1.29 is 4.79 Å². The van der Waals surface area contributed by atoms with Gasteiger partial charge in [-0.15, -0.1) is 0 Å². The number of anilines is 2. The second-order valence-electron chi connectivity index (χ2n) is 6.45. The van der Waals surface area contributed by atoms with Crippen molar-refractivity contribution >= 4 is 17.3 Å². The molecule has 2 heterocycles. The van der Waals surface area contributed by atoms with Crippen LogP contribution in [0.3, 0.4) is 0 Å². The van der Waals surface area contributed by atoms with Crippen LogP contribution in [-0.4, -0.2) is 17.4 Å². The molecular formula is C22H18N4O. The number of rotatable bonds is 3. The number of pyridine rings is 1. The lowest BCUT2D eigenvalue weighted by molar-refractivity contribution is 0.102. The summed E-state index contributed by atoms with van der Waals surface area (Å²) >= 11 is 0. The molecule has 1 aliphatic rings. The molecule has 132 valence electrons. The number of para-hydroxylation sites is 1. The molecule has 0 spiro atoms. The van der Waals surface area contributed by atoms with E-state index in [0.717, 1.165) is 25.2 Å². The highest BCUT2D eigenvalue weighted by atomic mass is 16.1. The van der Waals surface area contributed by atoms with Crippen LogP contribution in [-0.2, 0) is 13.0 Å². The molecule has 0 unspecified atom stereocenters. The highest BCUT2D eigenvalue weighted by Gasteiger charge is 2.17. The van der Waals surface area contributed by atoms with Crippen LogP contribution in [0.25, 0.3) is 0 Å². The molecule has 1 amide bonds. The van der Waals surface area contributed by atoms with Crippen LogP contribution in [0.15, 0.2) is 66.9 Å². The largest absolute Gasteiger partial charge is 0.366 e. The summed E-state index contributed by atoms with van der Waals surface area (Å²) in [6.45, 7) is 1.78. The van der Waals surface area contributed by atoms with E-state index in [9.17, 15) is 4.79 Å². The van der Waals surface area contributed by atoms with Crippen molar-refractivity contribution in [2.45, 2.75) is 13.0 Å². The zero-order chi connectivity index (χ0) is 18.6. The Labute approximate surface area is 157 Å². The van der Waals surface area contributed by atoms with E-state index in [1.807, 2.05) is 6.07 Å². The molecule has 5 nitrogen and oxygen atoms in total. The van der Waals surface area contributed by atoms with Crippen molar-refractivity contribution in [1.82, 2.24) is 4.98 Å². The third-order valence-electron chi connectivity index (χ3n) is 4.77. The molecule has 1 aromatic heterocycles. The van der Waals surface area contributed by atoms with Crippen LogP contribution >= 0.6 is 0 Å². The third-order valence-corrected chi connectivity index (χ3v) is 4.77. The molecule has 0 atom stereocenters. The summed E-state index contributed by atoms with van der Waals surface area (Å²) in [5.74, 6) is -0.326. The summed E-state index contributed by atoms with van der Waals surface area (Å²) in [6, 6.07) is 21.1. The fourth-order valence-corrected chi connectivity index (χ4v) is 3.30. The van der Waals surface area contributed by atoms with Crippen LogP contribution in [0.2, 0.25) is 0 Å². The minimum absolute atomic E-state index is 0.323. The van der Waals surface area contributed by atoms with Gasteiger partial charge in [-0.25, -0.2) is 4.98 Å². The van der Waals surface area contributed by atoms with Gasteiger partial charge in [0.25, 0.3) is 5.91 Å². The summed E-state index contributed by atoms with van der Waals surface area (Å²) in [5, 5.41) is 11.9. The number of benzene rings is 2. The normalized spacial score (nSPS) is 12.8. The molecule has 1 N–H and O–H groups in total. The predicted molar refractivity (Wildman–Crippen MR) is 105 cm³/mol. The number of nitrogens with one attached hydrogen (secondary N) is 1. The van der Waals surface area contributed by atoms with Crippen LogP contribution in [0.1, 0.15) is 27.2 Å². The van der Waals surface area contributed by atoms with Crippen LogP contribution in [0.4, 0.5) is 11.4 Å². The highest BCUT2D eigenvalue weighted by molar-refractivity contribution is 6.03. The molecule has 0 radical (unpaired) electrons. The van der Waals surface area contributed by atoms with Crippen LogP contribution in [0.5, 0.6) is 0 Å². The first-order chi connectivity index (χ1) is 13.2. The fourth-order valence-electron chi connectivity index (χ4n) is 3.30. The van der Waals surface area contributed by atoms with Crippen molar-refractivity contribution in [3.8, 4) is 6.07 Å². The first kappa shape index (κ1) is 16.8. The second kappa shape index (κ2) is 7.30. The van der Waals surface area contributed by atoms with Gasteiger partial charge >= 0.3 is 0 Å². The Hall–Kier alpha value is -3.65. The molecule has 0 bridgehead atoms. The van der Waals surface area contributed by atoms with Crippen molar-refractivity contribution in [2.24, 2.45) is 0 Å². The lowest BCUT2D eigenvalue weighted by Crippen LogP contribution is -2.30. The molecule has 4 rings (SSSR count). The van der Waals surface area contributed by atoms with Gasteiger partial charge in [0, 0.05) is 13.1 Å². The Morgan fingerprint density at radius 2 is 1.81 bits per heavy atom. The second-order valence-corrected chi connectivity index (χ2v) is 6.45. The first-order valence-corrected chi connectivity index (χ1v) is 8.83. The zero-order valence-corrected chi connectivity index (χ0v) is 14.7. The van der Waals surface area contributed by atoms with Gasteiger partial charge in [-0.1, -0.05) is 36.4 Å². The number of fused-ring (bicyclic) bond motifs is 1. The predicted octanol–water partition coefficient (Wildman–Crippen LogP) is 3.77. The summed E-state index contributed by atoms with van der Waals surface area (Å²) in [5.41, 5.74) is 4.97. The van der Waals surface area contributed by atoms with E-state index in [1.54, 1.807) is 36.5 Å². The van der Waals surface area contributed by atoms with Gasteiger partial charge in [0.05, 0.1) is 23.1 Å². The molecule has 0 fully saturated rings. The Kier molecular flexibility index (Phi) is 4.54. The van der Waals surface area contributed by atoms with Gasteiger partial charge in [0.1, 0.15) is 11.8 Å². The van der Waals surface area contributed by atoms with E-state index in [-0.39, 0.29) is 5.91 Å². The van der Waals surface area contributed by atoms with Crippen molar-refractivity contribution in [1.29, 1.82) is 5.26 Å². The number of hydrogen-bond donors (Lipinski definition) is 1. The third kappa shape index (κ3) is 3.51. The Morgan fingerprint density at radius 1 is 1.04 bits per heavy atom. The molecule has 1 aliphatic heterocycles. The number of carbonyl (C=O) groups is 1. The van der Waals surface area contributed by atoms with Crippen molar-refractivity contribution in [3.63, 3.8) is 0 Å². The highest BCUT2D eigenvalue weighted by Crippen LogP contribution is 2.24. The number of aromatic nitrogens is 1. The van der Waals surface area contributed by atoms with E-state index in [0.29, 0.717) is 16.9 Å². The summed E-state index contributed by atoms with van der Waals surface area (Å²) < 4.78 is 0. The summed E-state index contributed by atoms with van der Waals surface area (Å²) in [7, 11) is 0. The van der Waals surface area contributed by atoms with E-state index in [4.69, 9.17) is 5.26 Å². The summed E-state index contributed by atoms with van der Waals surface area (Å²) in [4.78, 5) is 19.0. The maximum absolute atomic E-state index is 12.4. The molecule has 0 aliphatic carbocycles. The van der Waals surface area contributed by atoms with Gasteiger partial charge in [0.15, 0.2) is 0 Å². The smallest absolute Gasteiger partial charge is 0.274 e. The molecule has 3 aromatic rings. The topological polar surface area (TPSA) is 69.0 Å². The Morgan fingerprint density at radius 3 is 2.59 bits per heavy atom. The average Bonchev–Trinajstić information content (AvgIpc) is 2.74. The number of hydrogen-bond acceptors (Lipinski definition) is 4. The maximum atomic E-state index is 12.4. The maximum Gasteiger partial charge on any atom is 0.274 e. The van der Waals surface area contributed by atoms with E-state index < -0.39 is 0 Å². The van der Waals surface area contributed by atoms with E-state index in [2.05, 4.69) is 45.5 Å². The van der Waals surface area contributed by atoms with Gasteiger partial charge < -0.3 is 10.2 Å². The lowest BCUT2D eigenvalue weighted by atomic mass is 10.00. The molecule has 2 aromatic carbocycles. The SMILES string of the molecule is N#Cc1ccccc1NC(=O)c1ccc(N2CCc3ccccc3C2)cn1. The van der Waals surface area contributed by atoms with Crippen LogP contribution < -0.4 is 10.2 Å². The van der Waals surface area contributed by atoms with Gasteiger partial charge in [-0.2, -0.15) is 5.26 Å². The van der Waals surface area contributed by atoms with Crippen molar-refractivity contribution in [2.75, 3.05) is 16.8 Å². The van der Waals surface area contributed by atoms with Crippen LogP contribution in [0, 0.1) is 11.3 Å². The number of amides is 1. The summed E-state index contributed by atoms with van der Waals surface area (Å²) in [6.07, 6.45) is 2.74. The first-order valence-electron chi connectivity index (χ1n) is 8.83. The van der Waals surface area contributed by atoms with Gasteiger partial charge in [0.2, 0.25) is 0 Å². The lowest BCUT2D eigenvalue weighted by Gasteiger charge is -2.30. The fraction of sp³-hybridized carbons (Fsp3) is 0.136. The molecule has 0 saturated heterocycles. The average molecular weight is 354 g/mol. The minimum Gasteiger partial charge on any atom is -0.366 e. The Bertz CT molecular complexity index is 1020. The molecule has 27 heavy (non-hydrogen) atoms. The van der Waals surface area contributed by atoms with Crippen molar-refractivity contribution in [3.05, 3.63) is 89.2 Å². The molecule has 0 saturated carbocycles. The number of carbonyl (C=O) groups excluding carboxylic acids is 1. The van der Waals surface area contributed by atoms with Gasteiger partial charge in [-0.3, -0.25) is 4.79 Å². The number of nitrogens with zero attached hydrogens (tertiary/aromatic N) is 3. The quantitative estimate of drug-likeness (QED) is 0.777. The number of nitriles is 1. The van der Waals surface area contributed by atoms with E-state index in [1.165, 1.54) is 11.1 Å². The molecule has 5 heteroatoms. The minimum atomic E-state index is -0.326. The monoisotopic (exact) mass is 354 g/mol. The van der Waals surface area contributed by atoms with E-state index >= 15 is 0 Å². The molecular weight excluding hydrogens is 336 g/mol.